The molecule has 55 heavy (non-hydrogen) atoms. The second-order valence-electron chi connectivity index (χ2n) is 24.8. The molecule has 0 spiro atoms. The van der Waals surface area contributed by atoms with Gasteiger partial charge in [0.05, 0.1) is 13.2 Å². The van der Waals surface area contributed by atoms with Crippen LogP contribution in [-0.2, 0) is 16.2 Å². The first kappa shape index (κ1) is 52.9. The fourth-order valence-electron chi connectivity index (χ4n) is 9.87. The number of thioether (sulfide) groups is 2. The summed E-state index contributed by atoms with van der Waals surface area (Å²) in [7, 11) is 0. The second-order valence-corrected chi connectivity index (χ2v) is 27.2. The maximum Gasteiger partial charge on any atom is 0.0521 e. The zero-order chi connectivity index (χ0) is 43.7. The third kappa shape index (κ3) is 11.8. The van der Waals surface area contributed by atoms with E-state index in [1.54, 1.807) is 0 Å². The van der Waals surface area contributed by atoms with E-state index >= 15 is 0 Å². The van der Waals surface area contributed by atoms with Crippen molar-refractivity contribution >= 4 is 23.5 Å². The molecule has 0 aliphatic heterocycles. The van der Waals surface area contributed by atoms with Gasteiger partial charge in [-0.25, -0.2) is 0 Å². The van der Waals surface area contributed by atoms with Gasteiger partial charge in [0.25, 0.3) is 0 Å². The zero-order valence-corrected chi connectivity index (χ0v) is 43.0. The van der Waals surface area contributed by atoms with Crippen molar-refractivity contribution in [2.75, 3.05) is 30.5 Å². The van der Waals surface area contributed by atoms with E-state index < -0.39 is 0 Å². The van der Waals surface area contributed by atoms with E-state index in [0.717, 1.165) is 30.1 Å². The third-order valence-electron chi connectivity index (χ3n) is 16.7. The lowest BCUT2D eigenvalue weighted by atomic mass is 9.47. The molecule has 2 atom stereocenters. The Hall–Kier alpha value is -0.160. The van der Waals surface area contributed by atoms with Crippen molar-refractivity contribution in [3.63, 3.8) is 0 Å². The number of rotatable bonds is 22. The molecule has 0 amide bonds. The minimum atomic E-state index is -0.0880. The SMILES string of the molecule is CC(CSCCO)CC(C)(C)C(C)(C)CC(C)(C)C(C)(C)c1cc(C(C)(C)C)cc(C(C)(C)C(C)(C)CC(C)(C)C(C)(C)C(C)(C)C(SCCO)C(C)C)c1. The van der Waals surface area contributed by atoms with Crippen LogP contribution in [0.3, 0.4) is 0 Å². The zero-order valence-electron chi connectivity index (χ0n) is 41.3. The van der Waals surface area contributed by atoms with Gasteiger partial charge in [-0.3, -0.25) is 0 Å². The predicted molar refractivity (Wildman–Crippen MR) is 253 cm³/mol. The molecular weight excluding hydrogens is 709 g/mol. The van der Waals surface area contributed by atoms with Crippen LogP contribution < -0.4 is 0 Å². The molecule has 0 saturated carbocycles. The lowest BCUT2D eigenvalue weighted by Crippen LogP contribution is -2.53. The van der Waals surface area contributed by atoms with Crippen LogP contribution in [0.5, 0.6) is 0 Å². The molecule has 2 N–H and O–H groups in total. The normalized spacial score (nSPS) is 16.2. The molecule has 0 aliphatic rings. The molecule has 0 aliphatic carbocycles. The van der Waals surface area contributed by atoms with Crippen LogP contribution in [0.15, 0.2) is 18.2 Å². The summed E-state index contributed by atoms with van der Waals surface area (Å²) in [6.45, 7) is 60.0. The summed E-state index contributed by atoms with van der Waals surface area (Å²) in [5, 5.41) is 19.6. The first-order valence-electron chi connectivity index (χ1n) is 21.9. The smallest absolute Gasteiger partial charge is 0.0521 e. The highest BCUT2D eigenvalue weighted by Gasteiger charge is 2.55. The Morgan fingerprint density at radius 2 is 0.909 bits per heavy atom. The highest BCUT2D eigenvalue weighted by molar-refractivity contribution is 8.00. The Morgan fingerprint density at radius 1 is 0.509 bits per heavy atom. The van der Waals surface area contributed by atoms with Gasteiger partial charge in [-0.15, -0.1) is 0 Å². The van der Waals surface area contributed by atoms with Gasteiger partial charge < -0.3 is 10.2 Å². The maximum atomic E-state index is 9.77. The molecule has 0 saturated heterocycles. The van der Waals surface area contributed by atoms with E-state index in [9.17, 15) is 10.2 Å². The quantitative estimate of drug-likeness (QED) is 0.115. The van der Waals surface area contributed by atoms with E-state index in [4.69, 9.17) is 0 Å². The minimum absolute atomic E-state index is 0.00102. The van der Waals surface area contributed by atoms with Gasteiger partial charge in [-0.2, -0.15) is 23.5 Å². The molecule has 1 aromatic carbocycles. The molecule has 4 heteroatoms. The van der Waals surface area contributed by atoms with Crippen molar-refractivity contribution in [2.24, 2.45) is 49.7 Å². The Balaban J connectivity index is 3.77. The number of hydrogen-bond donors (Lipinski definition) is 2. The molecule has 0 radical (unpaired) electrons. The van der Waals surface area contributed by atoms with Crippen LogP contribution in [0.2, 0.25) is 0 Å². The van der Waals surface area contributed by atoms with E-state index in [1.165, 1.54) is 23.1 Å². The number of hydrogen-bond acceptors (Lipinski definition) is 4. The summed E-state index contributed by atoms with van der Waals surface area (Å²) in [5.41, 5.74) is 4.71. The highest BCUT2D eigenvalue weighted by atomic mass is 32.2. The van der Waals surface area contributed by atoms with Gasteiger partial charge >= 0.3 is 0 Å². The predicted octanol–water partition coefficient (Wildman–Crippen LogP) is 15.0. The van der Waals surface area contributed by atoms with Crippen LogP contribution >= 0.6 is 23.5 Å². The number of aliphatic hydroxyl groups excluding tert-OH is 2. The summed E-state index contributed by atoms with van der Waals surface area (Å²) in [4.78, 5) is 0. The summed E-state index contributed by atoms with van der Waals surface area (Å²) >= 11 is 3.85. The first-order valence-corrected chi connectivity index (χ1v) is 24.1. The van der Waals surface area contributed by atoms with Gasteiger partial charge in [0.15, 0.2) is 0 Å². The highest BCUT2D eigenvalue weighted by Crippen LogP contribution is 2.62. The molecule has 1 rings (SSSR count). The van der Waals surface area contributed by atoms with Gasteiger partial charge in [0.1, 0.15) is 0 Å². The molecule has 0 fully saturated rings. The van der Waals surface area contributed by atoms with Crippen molar-refractivity contribution in [1.29, 1.82) is 0 Å². The summed E-state index contributed by atoms with van der Waals surface area (Å²) in [6, 6.07) is 7.72. The molecule has 0 bridgehead atoms. The van der Waals surface area contributed by atoms with Crippen LogP contribution in [-0.4, -0.2) is 45.9 Å². The molecule has 324 valence electrons. The van der Waals surface area contributed by atoms with Crippen molar-refractivity contribution < 1.29 is 10.2 Å². The Bertz CT molecular complexity index is 1350. The largest absolute Gasteiger partial charge is 0.396 e. The molecular formula is C51H96O2S2. The monoisotopic (exact) mass is 805 g/mol. The van der Waals surface area contributed by atoms with Gasteiger partial charge in [0, 0.05) is 16.8 Å². The van der Waals surface area contributed by atoms with Gasteiger partial charge in [0.2, 0.25) is 0 Å². The Kier molecular flexibility index (Phi) is 17.5. The standard InChI is InChI=1S/C51H96O2S2/c1-36(2)41(55-28-26-53)50(21,22)51(23,24)47(15,16)35-46(13,14)49(19,20)40-30-38(42(4,5)6)29-39(31-40)48(17,18)45(11,12)34-44(9,10)43(7,8)32-37(3)33-54-27-25-52/h29-31,36-37,41,52-53H,25-28,32-35H2,1-24H3. The second kappa shape index (κ2) is 18.2. The summed E-state index contributed by atoms with van der Waals surface area (Å²) in [5.74, 6) is 3.87. The molecule has 2 nitrogen and oxygen atoms in total. The topological polar surface area (TPSA) is 40.5 Å². The number of benzene rings is 1. The van der Waals surface area contributed by atoms with Gasteiger partial charge in [-0.05, 0) is 108 Å². The lowest BCUT2D eigenvalue weighted by molar-refractivity contribution is -0.0615. The average molecular weight is 805 g/mol. The van der Waals surface area contributed by atoms with E-state index in [0.29, 0.717) is 17.1 Å². The van der Waals surface area contributed by atoms with Crippen LogP contribution in [0.1, 0.15) is 202 Å². The van der Waals surface area contributed by atoms with Crippen LogP contribution in [0.4, 0.5) is 0 Å². The Morgan fingerprint density at radius 3 is 1.29 bits per heavy atom. The molecule has 2 unspecified atom stereocenters. The van der Waals surface area contributed by atoms with Gasteiger partial charge in [-0.1, -0.05) is 184 Å². The van der Waals surface area contributed by atoms with Crippen LogP contribution in [0, 0.1) is 49.7 Å². The van der Waals surface area contributed by atoms with Crippen molar-refractivity contribution in [1.82, 2.24) is 0 Å². The average Bonchev–Trinajstić information content (AvgIpc) is 2.98. The third-order valence-corrected chi connectivity index (χ3v) is 19.9. The fraction of sp³-hybridized carbons (Fsp3) is 0.882. The lowest BCUT2D eigenvalue weighted by Gasteiger charge is -2.59. The van der Waals surface area contributed by atoms with Crippen molar-refractivity contribution in [2.45, 2.75) is 207 Å². The van der Waals surface area contributed by atoms with Crippen LogP contribution in [0.25, 0.3) is 0 Å². The molecule has 0 heterocycles. The molecule has 1 aromatic rings. The number of aliphatic hydroxyl groups is 2. The maximum absolute atomic E-state index is 9.77. The minimum Gasteiger partial charge on any atom is -0.396 e. The fourth-order valence-corrected chi connectivity index (χ4v) is 12.1. The van der Waals surface area contributed by atoms with Crippen molar-refractivity contribution in [3.05, 3.63) is 34.9 Å². The van der Waals surface area contributed by atoms with E-state index in [-0.39, 0.29) is 67.4 Å². The Labute approximate surface area is 354 Å². The summed E-state index contributed by atoms with van der Waals surface area (Å²) < 4.78 is 0. The molecule has 0 aromatic heterocycles. The van der Waals surface area contributed by atoms with E-state index in [2.05, 4.69) is 184 Å². The first-order chi connectivity index (χ1) is 24.3. The van der Waals surface area contributed by atoms with Crippen molar-refractivity contribution in [3.8, 4) is 0 Å². The van der Waals surface area contributed by atoms with E-state index in [1.807, 2.05) is 23.5 Å². The summed E-state index contributed by atoms with van der Waals surface area (Å²) in [6.07, 6.45) is 3.42.